The van der Waals surface area contributed by atoms with Gasteiger partial charge in [-0.3, -0.25) is 19.3 Å². The molecule has 0 aromatic rings. The summed E-state index contributed by atoms with van der Waals surface area (Å²) in [6, 6.07) is -0.649. The van der Waals surface area contributed by atoms with Crippen LogP contribution in [-0.4, -0.2) is 46.7 Å². The lowest BCUT2D eigenvalue weighted by molar-refractivity contribution is -0.151. The normalized spacial score (nSPS) is 43.7. The zero-order valence-corrected chi connectivity index (χ0v) is 14.1. The molecule has 2 bridgehead atoms. The largest absolute Gasteiger partial charge is 0.341 e. The second kappa shape index (κ2) is 4.93. The van der Waals surface area contributed by atoms with Crippen molar-refractivity contribution < 1.29 is 14.4 Å². The number of likely N-dealkylation sites (tertiary alicyclic amines) is 2. The summed E-state index contributed by atoms with van der Waals surface area (Å²) in [5.41, 5.74) is 0. The average molecular weight is 328 g/mol. The summed E-state index contributed by atoms with van der Waals surface area (Å²) in [6.07, 6.45) is 8.70. The van der Waals surface area contributed by atoms with Crippen molar-refractivity contribution in [2.75, 3.05) is 13.1 Å². The molecule has 7 atom stereocenters. The van der Waals surface area contributed by atoms with Crippen LogP contribution in [0.2, 0.25) is 0 Å². The zero-order chi connectivity index (χ0) is 16.6. The lowest BCUT2D eigenvalue weighted by atomic mass is 9.63. The van der Waals surface area contributed by atoms with E-state index in [0.717, 1.165) is 38.8 Å². The van der Waals surface area contributed by atoms with Gasteiger partial charge in [-0.25, -0.2) is 0 Å². The quantitative estimate of drug-likeness (QED) is 0.569. The molecule has 0 N–H and O–H groups in total. The first kappa shape index (κ1) is 14.7. The highest BCUT2D eigenvalue weighted by Crippen LogP contribution is 2.65. The van der Waals surface area contributed by atoms with Crippen molar-refractivity contribution in [2.45, 2.75) is 38.6 Å². The third kappa shape index (κ3) is 1.78. The van der Waals surface area contributed by atoms with Crippen molar-refractivity contribution in [3.63, 3.8) is 0 Å². The van der Waals surface area contributed by atoms with Gasteiger partial charge >= 0.3 is 0 Å². The SMILES string of the molecule is C[C@H](C(=O)N1CCCCC1)N1C(=O)[C@@H]2[C@@H]3C=C[C@H]([C@H]4C[C@@H]34)[C@@H]2C1=O. The fraction of sp³-hybridized carbons (Fsp3) is 0.737. The Morgan fingerprint density at radius 2 is 1.54 bits per heavy atom. The number of carbonyl (C=O) groups is 3. The van der Waals surface area contributed by atoms with E-state index >= 15 is 0 Å². The van der Waals surface area contributed by atoms with Crippen molar-refractivity contribution in [1.29, 1.82) is 0 Å². The Morgan fingerprint density at radius 3 is 2.08 bits per heavy atom. The van der Waals surface area contributed by atoms with Crippen LogP contribution in [0, 0.1) is 35.5 Å². The van der Waals surface area contributed by atoms with Gasteiger partial charge in [-0.1, -0.05) is 12.2 Å². The summed E-state index contributed by atoms with van der Waals surface area (Å²) < 4.78 is 0. The predicted octanol–water partition coefficient (Wildman–Crippen LogP) is 1.44. The molecule has 5 heteroatoms. The lowest BCUT2D eigenvalue weighted by Crippen LogP contribution is -2.51. The molecule has 2 saturated heterocycles. The molecule has 0 unspecified atom stereocenters. The molecule has 2 saturated carbocycles. The standard InChI is InChI=1S/C19H24N2O3/c1-10(17(22)20-7-3-2-4-8-20)21-18(23)15-11-5-6-12(14-9-13(11)14)16(15)19(21)24/h5-6,10-16H,2-4,7-9H2,1H3/t10-,11-,12-,13-,14+,15+,16-/m1/s1. The molecule has 4 fully saturated rings. The Morgan fingerprint density at radius 1 is 1.00 bits per heavy atom. The monoisotopic (exact) mass is 328 g/mol. The molecule has 2 aliphatic heterocycles. The molecule has 6 aliphatic rings. The molecule has 5 nitrogen and oxygen atoms in total. The average Bonchev–Trinajstić information content (AvgIpc) is 3.39. The first-order valence-corrected chi connectivity index (χ1v) is 9.43. The summed E-state index contributed by atoms with van der Waals surface area (Å²) >= 11 is 0. The van der Waals surface area contributed by atoms with Crippen LogP contribution in [0.1, 0.15) is 32.6 Å². The van der Waals surface area contributed by atoms with Gasteiger partial charge in [-0.05, 0) is 56.3 Å². The minimum atomic E-state index is -0.649. The number of hydrogen-bond donors (Lipinski definition) is 0. The highest BCUT2D eigenvalue weighted by atomic mass is 16.2. The summed E-state index contributed by atoms with van der Waals surface area (Å²) in [7, 11) is 0. The predicted molar refractivity (Wildman–Crippen MR) is 86.4 cm³/mol. The molecule has 4 aliphatic carbocycles. The van der Waals surface area contributed by atoms with Crippen molar-refractivity contribution in [2.24, 2.45) is 35.5 Å². The van der Waals surface area contributed by atoms with Gasteiger partial charge in [-0.15, -0.1) is 0 Å². The summed E-state index contributed by atoms with van der Waals surface area (Å²) in [6.45, 7) is 3.24. The maximum absolute atomic E-state index is 13.0. The molecule has 0 spiro atoms. The van der Waals surface area contributed by atoms with Crippen LogP contribution in [0.5, 0.6) is 0 Å². The topological polar surface area (TPSA) is 57.7 Å². The molecular weight excluding hydrogens is 304 g/mol. The van der Waals surface area contributed by atoms with E-state index in [9.17, 15) is 14.4 Å². The smallest absolute Gasteiger partial charge is 0.245 e. The Bertz CT molecular complexity index is 615. The third-order valence-corrected chi connectivity index (χ3v) is 7.11. The van der Waals surface area contributed by atoms with Gasteiger partial charge in [0.05, 0.1) is 11.8 Å². The van der Waals surface area contributed by atoms with Gasteiger partial charge < -0.3 is 4.90 Å². The van der Waals surface area contributed by atoms with Gasteiger partial charge in [0, 0.05) is 13.1 Å². The van der Waals surface area contributed by atoms with Crippen LogP contribution in [0.3, 0.4) is 0 Å². The first-order chi connectivity index (χ1) is 11.6. The van der Waals surface area contributed by atoms with Gasteiger partial charge in [-0.2, -0.15) is 0 Å². The Labute approximate surface area is 142 Å². The van der Waals surface area contributed by atoms with E-state index < -0.39 is 6.04 Å². The molecule has 0 aromatic carbocycles. The second-order valence-electron chi connectivity index (χ2n) is 8.26. The number of carbonyl (C=O) groups excluding carboxylic acids is 3. The maximum atomic E-state index is 13.0. The van der Waals surface area contributed by atoms with Crippen LogP contribution in [0.25, 0.3) is 0 Å². The van der Waals surface area contributed by atoms with Crippen molar-refractivity contribution in [3.05, 3.63) is 12.2 Å². The Kier molecular flexibility index (Phi) is 3.01. The molecule has 3 amide bonds. The van der Waals surface area contributed by atoms with Gasteiger partial charge in [0.2, 0.25) is 17.7 Å². The number of nitrogens with zero attached hydrogens (tertiary/aromatic N) is 2. The van der Waals surface area contributed by atoms with E-state index in [0.29, 0.717) is 11.8 Å². The fourth-order valence-corrected chi connectivity index (χ4v) is 5.85. The highest BCUT2D eigenvalue weighted by Gasteiger charge is 2.67. The number of piperidine rings is 1. The van der Waals surface area contributed by atoms with E-state index in [4.69, 9.17) is 0 Å². The van der Waals surface area contributed by atoms with E-state index in [1.54, 1.807) is 6.92 Å². The minimum Gasteiger partial charge on any atom is -0.341 e. The van der Waals surface area contributed by atoms with Crippen LogP contribution < -0.4 is 0 Å². The number of allylic oxidation sites excluding steroid dienone is 2. The number of rotatable bonds is 2. The lowest BCUT2D eigenvalue weighted by Gasteiger charge is -2.37. The van der Waals surface area contributed by atoms with Gasteiger partial charge in [0.15, 0.2) is 0 Å². The molecule has 2 heterocycles. The molecule has 6 rings (SSSR count). The maximum Gasteiger partial charge on any atom is 0.245 e. The molecule has 0 radical (unpaired) electrons. The van der Waals surface area contributed by atoms with Crippen molar-refractivity contribution >= 4 is 17.7 Å². The molecular formula is C19H24N2O3. The van der Waals surface area contributed by atoms with Crippen LogP contribution >= 0.6 is 0 Å². The van der Waals surface area contributed by atoms with Crippen molar-refractivity contribution in [1.82, 2.24) is 9.80 Å². The summed E-state index contributed by atoms with van der Waals surface area (Å²) in [4.78, 5) is 42.0. The minimum absolute atomic E-state index is 0.0551. The molecule has 128 valence electrons. The van der Waals surface area contributed by atoms with Crippen LogP contribution in [0.15, 0.2) is 12.2 Å². The third-order valence-electron chi connectivity index (χ3n) is 7.11. The van der Waals surface area contributed by atoms with Crippen LogP contribution in [-0.2, 0) is 14.4 Å². The van der Waals surface area contributed by atoms with Crippen LogP contribution in [0.4, 0.5) is 0 Å². The number of hydrogen-bond acceptors (Lipinski definition) is 3. The molecule has 0 aromatic heterocycles. The number of imide groups is 1. The zero-order valence-electron chi connectivity index (χ0n) is 14.1. The highest BCUT2D eigenvalue weighted by molar-refractivity contribution is 6.09. The number of amides is 3. The second-order valence-corrected chi connectivity index (χ2v) is 8.26. The summed E-state index contributed by atoms with van der Waals surface area (Å²) in [5.74, 6) is 1.02. The fourth-order valence-electron chi connectivity index (χ4n) is 5.85. The first-order valence-electron chi connectivity index (χ1n) is 9.43. The van der Waals surface area contributed by atoms with E-state index in [1.807, 2.05) is 4.90 Å². The van der Waals surface area contributed by atoms with Gasteiger partial charge in [0.1, 0.15) is 6.04 Å². The van der Waals surface area contributed by atoms with E-state index in [2.05, 4.69) is 12.2 Å². The van der Waals surface area contributed by atoms with Gasteiger partial charge in [0.25, 0.3) is 0 Å². The summed E-state index contributed by atoms with van der Waals surface area (Å²) in [5, 5.41) is 0. The Balaban J connectivity index is 1.40. The van der Waals surface area contributed by atoms with E-state index in [-0.39, 0.29) is 41.4 Å². The van der Waals surface area contributed by atoms with E-state index in [1.165, 1.54) is 4.90 Å². The molecule has 24 heavy (non-hydrogen) atoms. The van der Waals surface area contributed by atoms with Crippen molar-refractivity contribution in [3.8, 4) is 0 Å². The Hall–Kier alpha value is -1.65.